The van der Waals surface area contributed by atoms with Gasteiger partial charge in [-0.1, -0.05) is 51.1 Å². The van der Waals surface area contributed by atoms with Crippen LogP contribution in [-0.4, -0.2) is 52.9 Å². The number of hydrogen-bond donors (Lipinski definition) is 3. The fourth-order valence-electron chi connectivity index (χ4n) is 4.87. The van der Waals surface area contributed by atoms with E-state index in [4.69, 9.17) is 0 Å². The number of carbonyl (C=O) groups excluding carboxylic acids is 2. The molecule has 1 fully saturated rings. The van der Waals surface area contributed by atoms with E-state index in [-0.39, 0.29) is 17.7 Å². The van der Waals surface area contributed by atoms with Crippen LogP contribution in [0, 0.1) is 35.0 Å². The molecule has 0 bridgehead atoms. The molecule has 186 valence electrons. The van der Waals surface area contributed by atoms with Crippen LogP contribution in [-0.2, 0) is 16.0 Å². The minimum absolute atomic E-state index is 0.0412. The second kappa shape index (κ2) is 14.1. The van der Waals surface area contributed by atoms with Crippen LogP contribution in [0.1, 0.15) is 64.9 Å². The quantitative estimate of drug-likeness (QED) is 0.408. The van der Waals surface area contributed by atoms with E-state index in [1.165, 1.54) is 0 Å². The van der Waals surface area contributed by atoms with Crippen molar-refractivity contribution in [1.29, 1.82) is 5.26 Å². The molecule has 0 spiro atoms. The van der Waals surface area contributed by atoms with Crippen LogP contribution >= 0.6 is 0 Å². The minimum atomic E-state index is -1.62. The molecule has 0 aromatic heterocycles. The topological polar surface area (TPSA) is 114 Å². The van der Waals surface area contributed by atoms with E-state index < -0.39 is 19.0 Å². The summed E-state index contributed by atoms with van der Waals surface area (Å²) in [6.07, 6.45) is 4.94. The SMILES string of the molecule is CC(C)CC(C)C(C#N)C(=O)N1CCC(CCCC(=O)N[C@@H](Cc2ccccc2)B(O)O)CC1. The Morgan fingerprint density at radius 3 is 2.38 bits per heavy atom. The van der Waals surface area contributed by atoms with Crippen LogP contribution in [0.25, 0.3) is 0 Å². The molecule has 2 unspecified atom stereocenters. The van der Waals surface area contributed by atoms with Crippen molar-refractivity contribution in [3.8, 4) is 6.07 Å². The first kappa shape index (κ1) is 27.9. The zero-order valence-electron chi connectivity index (χ0n) is 20.8. The Hall–Kier alpha value is -2.37. The molecule has 0 aliphatic carbocycles. The lowest BCUT2D eigenvalue weighted by atomic mass is 9.76. The average molecular weight is 469 g/mol. The predicted octanol–water partition coefficient (Wildman–Crippen LogP) is 2.96. The summed E-state index contributed by atoms with van der Waals surface area (Å²) in [5.41, 5.74) is 0.930. The van der Waals surface area contributed by atoms with E-state index in [1.54, 1.807) is 0 Å². The molecule has 2 rings (SSSR count). The van der Waals surface area contributed by atoms with E-state index in [9.17, 15) is 24.9 Å². The summed E-state index contributed by atoms with van der Waals surface area (Å²) in [6.45, 7) is 7.53. The number of piperidine rings is 1. The van der Waals surface area contributed by atoms with Gasteiger partial charge in [0.1, 0.15) is 5.92 Å². The highest BCUT2D eigenvalue weighted by Gasteiger charge is 2.32. The Morgan fingerprint density at radius 1 is 1.18 bits per heavy atom. The first-order valence-electron chi connectivity index (χ1n) is 12.6. The van der Waals surface area contributed by atoms with Gasteiger partial charge in [0.25, 0.3) is 0 Å². The summed E-state index contributed by atoms with van der Waals surface area (Å²) in [5.74, 6) is -0.580. The molecular weight excluding hydrogens is 429 g/mol. The first-order valence-corrected chi connectivity index (χ1v) is 12.6. The molecule has 0 radical (unpaired) electrons. The molecular formula is C26H40BN3O4. The van der Waals surface area contributed by atoms with Gasteiger partial charge in [-0.05, 0) is 61.8 Å². The number of rotatable bonds is 12. The summed E-state index contributed by atoms with van der Waals surface area (Å²) >= 11 is 0. The number of nitrogens with zero attached hydrogens (tertiary/aromatic N) is 2. The molecule has 34 heavy (non-hydrogen) atoms. The highest BCUT2D eigenvalue weighted by molar-refractivity contribution is 6.43. The molecule has 1 aromatic carbocycles. The molecule has 1 heterocycles. The Balaban J connectivity index is 1.72. The molecule has 1 saturated heterocycles. The number of benzene rings is 1. The van der Waals surface area contributed by atoms with Gasteiger partial charge in [0.2, 0.25) is 11.8 Å². The number of nitrogens with one attached hydrogen (secondary N) is 1. The molecule has 1 aliphatic rings. The zero-order chi connectivity index (χ0) is 25.1. The van der Waals surface area contributed by atoms with Crippen molar-refractivity contribution in [1.82, 2.24) is 10.2 Å². The van der Waals surface area contributed by atoms with Gasteiger partial charge in [-0.3, -0.25) is 9.59 Å². The van der Waals surface area contributed by atoms with Gasteiger partial charge in [-0.2, -0.15) is 5.26 Å². The van der Waals surface area contributed by atoms with Crippen molar-refractivity contribution < 1.29 is 19.6 Å². The van der Waals surface area contributed by atoms with E-state index >= 15 is 0 Å². The van der Waals surface area contributed by atoms with Crippen molar-refractivity contribution in [2.75, 3.05) is 13.1 Å². The maximum atomic E-state index is 12.9. The molecule has 3 atom stereocenters. The van der Waals surface area contributed by atoms with Gasteiger partial charge in [-0.15, -0.1) is 0 Å². The van der Waals surface area contributed by atoms with E-state index in [1.807, 2.05) is 42.2 Å². The van der Waals surface area contributed by atoms with Crippen molar-refractivity contribution in [3.05, 3.63) is 35.9 Å². The smallest absolute Gasteiger partial charge is 0.426 e. The summed E-state index contributed by atoms with van der Waals surface area (Å²) < 4.78 is 0. The fourth-order valence-corrected chi connectivity index (χ4v) is 4.87. The zero-order valence-corrected chi connectivity index (χ0v) is 20.8. The van der Waals surface area contributed by atoms with Crippen LogP contribution in [0.3, 0.4) is 0 Å². The third-order valence-electron chi connectivity index (χ3n) is 6.76. The predicted molar refractivity (Wildman–Crippen MR) is 133 cm³/mol. The molecule has 8 heteroatoms. The van der Waals surface area contributed by atoms with Gasteiger partial charge >= 0.3 is 7.12 Å². The molecule has 1 aromatic rings. The van der Waals surface area contributed by atoms with Crippen molar-refractivity contribution in [3.63, 3.8) is 0 Å². The Morgan fingerprint density at radius 2 is 1.82 bits per heavy atom. The summed E-state index contributed by atoms with van der Waals surface area (Å²) in [7, 11) is -1.62. The lowest BCUT2D eigenvalue weighted by molar-refractivity contribution is -0.136. The number of hydrogen-bond acceptors (Lipinski definition) is 5. The maximum Gasteiger partial charge on any atom is 0.475 e. The monoisotopic (exact) mass is 469 g/mol. The van der Waals surface area contributed by atoms with Crippen LogP contribution in [0.15, 0.2) is 30.3 Å². The number of nitriles is 1. The second-order valence-electron chi connectivity index (χ2n) is 10.2. The largest absolute Gasteiger partial charge is 0.475 e. The Bertz CT molecular complexity index is 804. The molecule has 0 saturated carbocycles. The van der Waals surface area contributed by atoms with Crippen LogP contribution < -0.4 is 5.32 Å². The molecule has 3 N–H and O–H groups in total. The van der Waals surface area contributed by atoms with E-state index in [0.29, 0.717) is 37.8 Å². The van der Waals surface area contributed by atoms with E-state index in [2.05, 4.69) is 25.2 Å². The van der Waals surface area contributed by atoms with Gasteiger partial charge in [-0.25, -0.2) is 0 Å². The number of likely N-dealkylation sites (tertiary alicyclic amines) is 1. The normalized spacial score (nSPS) is 17.0. The Labute approximate surface area is 204 Å². The van der Waals surface area contributed by atoms with Gasteiger partial charge in [0.05, 0.1) is 12.0 Å². The summed E-state index contributed by atoms with van der Waals surface area (Å²) in [4.78, 5) is 27.1. The molecule has 7 nitrogen and oxygen atoms in total. The van der Waals surface area contributed by atoms with Gasteiger partial charge in [0, 0.05) is 19.5 Å². The maximum absolute atomic E-state index is 12.9. The molecule has 1 aliphatic heterocycles. The number of carbonyl (C=O) groups is 2. The fraction of sp³-hybridized carbons (Fsp3) is 0.654. The van der Waals surface area contributed by atoms with E-state index in [0.717, 1.165) is 37.7 Å². The van der Waals surface area contributed by atoms with Crippen molar-refractivity contribution in [2.45, 2.75) is 71.7 Å². The van der Waals surface area contributed by atoms with Gasteiger partial charge in [0.15, 0.2) is 0 Å². The number of amides is 2. The van der Waals surface area contributed by atoms with Gasteiger partial charge < -0.3 is 20.3 Å². The highest BCUT2D eigenvalue weighted by Crippen LogP contribution is 2.27. The third-order valence-corrected chi connectivity index (χ3v) is 6.76. The lowest BCUT2D eigenvalue weighted by Gasteiger charge is -2.34. The second-order valence-corrected chi connectivity index (χ2v) is 10.2. The van der Waals surface area contributed by atoms with Crippen LogP contribution in [0.4, 0.5) is 0 Å². The van der Waals surface area contributed by atoms with Crippen LogP contribution in [0.5, 0.6) is 0 Å². The van der Waals surface area contributed by atoms with Crippen molar-refractivity contribution >= 4 is 18.9 Å². The highest BCUT2D eigenvalue weighted by atomic mass is 16.4. The summed E-state index contributed by atoms with van der Waals surface area (Å²) in [6, 6.07) is 11.7. The van der Waals surface area contributed by atoms with Crippen molar-refractivity contribution in [2.24, 2.45) is 23.7 Å². The third kappa shape index (κ3) is 9.11. The minimum Gasteiger partial charge on any atom is -0.426 e. The Kier molecular flexibility index (Phi) is 11.6. The standard InChI is InChI=1S/C26H40BN3O4/c1-19(2)16-20(3)23(18-28)26(32)30-14-12-21(13-15-30)10-7-11-25(31)29-24(27(33)34)17-22-8-5-4-6-9-22/h4-6,8-9,19-21,23-24,33-34H,7,10-17H2,1-3H3,(H,29,31)/t20?,23?,24-/m0/s1. The summed E-state index contributed by atoms with van der Waals surface area (Å²) in [5, 5.41) is 31.6. The molecule has 2 amide bonds. The lowest BCUT2D eigenvalue weighted by Crippen LogP contribution is -2.47. The van der Waals surface area contributed by atoms with Crippen LogP contribution in [0.2, 0.25) is 0 Å². The average Bonchev–Trinajstić information content (AvgIpc) is 2.79. The first-order chi connectivity index (χ1) is 16.2.